The fourth-order valence-corrected chi connectivity index (χ4v) is 3.22. The van der Waals surface area contributed by atoms with Crippen LogP contribution in [0.15, 0.2) is 24.3 Å². The first-order chi connectivity index (χ1) is 9.05. The Hall–Kier alpha value is -0.860. The third-order valence-corrected chi connectivity index (χ3v) is 4.08. The molecule has 0 radical (unpaired) electrons. The highest BCUT2D eigenvalue weighted by Gasteiger charge is 2.38. The van der Waals surface area contributed by atoms with E-state index in [-0.39, 0.29) is 11.6 Å². The monoisotopic (exact) mass is 261 g/mol. The number of ether oxygens (including phenoxy) is 1. The van der Waals surface area contributed by atoms with Crippen molar-refractivity contribution in [3.05, 3.63) is 35.4 Å². The molecule has 0 bridgehead atoms. The molecule has 2 unspecified atom stereocenters. The second kappa shape index (κ2) is 6.06. The van der Waals surface area contributed by atoms with Gasteiger partial charge in [-0.1, -0.05) is 38.1 Å². The highest BCUT2D eigenvalue weighted by Crippen LogP contribution is 2.37. The van der Waals surface area contributed by atoms with Gasteiger partial charge in [0.2, 0.25) is 0 Å². The molecule has 1 aliphatic rings. The molecule has 1 aliphatic heterocycles. The van der Waals surface area contributed by atoms with Gasteiger partial charge < -0.3 is 10.1 Å². The van der Waals surface area contributed by atoms with Gasteiger partial charge in [0.25, 0.3) is 0 Å². The Morgan fingerprint density at radius 1 is 1.37 bits per heavy atom. The van der Waals surface area contributed by atoms with Gasteiger partial charge in [0.15, 0.2) is 0 Å². The van der Waals surface area contributed by atoms with E-state index in [9.17, 15) is 0 Å². The van der Waals surface area contributed by atoms with Crippen molar-refractivity contribution >= 4 is 0 Å². The second-order valence-corrected chi connectivity index (χ2v) is 6.33. The number of hydrogen-bond acceptors (Lipinski definition) is 2. The Balaban J connectivity index is 2.23. The number of benzene rings is 1. The van der Waals surface area contributed by atoms with Gasteiger partial charge in [0, 0.05) is 6.61 Å². The minimum atomic E-state index is -0.0643. The van der Waals surface area contributed by atoms with Crippen LogP contribution in [0.2, 0.25) is 0 Å². The van der Waals surface area contributed by atoms with E-state index in [0.29, 0.717) is 5.92 Å². The Morgan fingerprint density at radius 3 is 2.74 bits per heavy atom. The first-order valence-electron chi connectivity index (χ1n) is 7.45. The molecule has 0 spiro atoms. The van der Waals surface area contributed by atoms with Gasteiger partial charge in [-0.25, -0.2) is 0 Å². The average Bonchev–Trinajstić information content (AvgIpc) is 2.77. The molecule has 1 aromatic rings. The largest absolute Gasteiger partial charge is 0.373 e. The molecule has 2 rings (SSSR count). The molecule has 0 aliphatic carbocycles. The lowest BCUT2D eigenvalue weighted by Crippen LogP contribution is -2.39. The summed E-state index contributed by atoms with van der Waals surface area (Å²) in [7, 11) is 2.03. The lowest BCUT2D eigenvalue weighted by molar-refractivity contribution is -0.0104. The van der Waals surface area contributed by atoms with Gasteiger partial charge in [0.1, 0.15) is 0 Å². The Kier molecular flexibility index (Phi) is 4.64. The molecule has 106 valence electrons. The van der Waals surface area contributed by atoms with E-state index in [4.69, 9.17) is 4.74 Å². The van der Waals surface area contributed by atoms with Crippen molar-refractivity contribution in [1.82, 2.24) is 5.32 Å². The SMILES string of the molecule is CNC(c1cccc(CC(C)C)c1)C1(C)CCCO1. The van der Waals surface area contributed by atoms with Crippen molar-refractivity contribution in [3.8, 4) is 0 Å². The Morgan fingerprint density at radius 2 is 2.16 bits per heavy atom. The summed E-state index contributed by atoms with van der Waals surface area (Å²) in [5, 5.41) is 3.46. The van der Waals surface area contributed by atoms with Crippen LogP contribution < -0.4 is 5.32 Å². The van der Waals surface area contributed by atoms with Crippen molar-refractivity contribution in [1.29, 1.82) is 0 Å². The number of nitrogens with one attached hydrogen (secondary N) is 1. The molecule has 1 fully saturated rings. The van der Waals surface area contributed by atoms with E-state index in [1.165, 1.54) is 17.5 Å². The smallest absolute Gasteiger partial charge is 0.0849 e. The van der Waals surface area contributed by atoms with Crippen LogP contribution in [0.5, 0.6) is 0 Å². The molecule has 2 atom stereocenters. The second-order valence-electron chi connectivity index (χ2n) is 6.33. The molecule has 0 aromatic heterocycles. The van der Waals surface area contributed by atoms with Crippen LogP contribution in [0.1, 0.15) is 50.8 Å². The maximum atomic E-state index is 6.01. The van der Waals surface area contributed by atoms with Crippen LogP contribution in [0.25, 0.3) is 0 Å². The van der Waals surface area contributed by atoms with Crippen molar-refractivity contribution < 1.29 is 4.74 Å². The van der Waals surface area contributed by atoms with E-state index in [1.54, 1.807) is 0 Å². The molecular weight excluding hydrogens is 234 g/mol. The van der Waals surface area contributed by atoms with Crippen LogP contribution >= 0.6 is 0 Å². The van der Waals surface area contributed by atoms with Crippen molar-refractivity contribution in [3.63, 3.8) is 0 Å². The van der Waals surface area contributed by atoms with Crippen LogP contribution in [0.3, 0.4) is 0 Å². The van der Waals surface area contributed by atoms with E-state index in [2.05, 4.69) is 50.4 Å². The molecule has 1 saturated heterocycles. The predicted octanol–water partition coefficient (Wildman–Crippen LogP) is 3.71. The molecule has 0 saturated carbocycles. The van der Waals surface area contributed by atoms with E-state index in [0.717, 1.165) is 19.4 Å². The topological polar surface area (TPSA) is 21.3 Å². The van der Waals surface area contributed by atoms with Crippen molar-refractivity contribution in [2.24, 2.45) is 5.92 Å². The summed E-state index contributed by atoms with van der Waals surface area (Å²) >= 11 is 0. The van der Waals surface area contributed by atoms with E-state index in [1.807, 2.05) is 7.05 Å². The highest BCUT2D eigenvalue weighted by atomic mass is 16.5. The molecule has 1 heterocycles. The lowest BCUT2D eigenvalue weighted by atomic mass is 9.86. The van der Waals surface area contributed by atoms with Gasteiger partial charge in [-0.3, -0.25) is 0 Å². The summed E-state index contributed by atoms with van der Waals surface area (Å²) in [6.07, 6.45) is 3.44. The summed E-state index contributed by atoms with van der Waals surface area (Å²) in [4.78, 5) is 0. The van der Waals surface area contributed by atoms with E-state index < -0.39 is 0 Å². The fourth-order valence-electron chi connectivity index (χ4n) is 3.22. The maximum absolute atomic E-state index is 6.01. The van der Waals surface area contributed by atoms with Gasteiger partial charge in [-0.05, 0) is 50.3 Å². The van der Waals surface area contributed by atoms with Gasteiger partial charge >= 0.3 is 0 Å². The standard InChI is InChI=1S/C17H27NO/c1-13(2)11-14-7-5-8-15(12-14)16(18-4)17(3)9-6-10-19-17/h5,7-8,12-13,16,18H,6,9-11H2,1-4H3. The van der Waals surface area contributed by atoms with Crippen molar-refractivity contribution in [2.45, 2.75) is 51.7 Å². The van der Waals surface area contributed by atoms with Crippen LogP contribution in [-0.4, -0.2) is 19.3 Å². The zero-order chi connectivity index (χ0) is 13.9. The lowest BCUT2D eigenvalue weighted by Gasteiger charge is -2.33. The third-order valence-electron chi connectivity index (χ3n) is 4.08. The summed E-state index contributed by atoms with van der Waals surface area (Å²) in [6.45, 7) is 7.66. The molecule has 19 heavy (non-hydrogen) atoms. The van der Waals surface area contributed by atoms with Crippen LogP contribution in [0, 0.1) is 5.92 Å². The fraction of sp³-hybridized carbons (Fsp3) is 0.647. The van der Waals surface area contributed by atoms with Gasteiger partial charge in [-0.2, -0.15) is 0 Å². The van der Waals surface area contributed by atoms with E-state index >= 15 is 0 Å². The molecule has 1 N–H and O–H groups in total. The Labute approximate surface area is 117 Å². The first-order valence-corrected chi connectivity index (χ1v) is 7.45. The zero-order valence-corrected chi connectivity index (χ0v) is 12.7. The quantitative estimate of drug-likeness (QED) is 0.872. The molecule has 2 nitrogen and oxygen atoms in total. The first kappa shape index (κ1) is 14.5. The molecule has 0 amide bonds. The molecule has 1 aromatic carbocycles. The van der Waals surface area contributed by atoms with Crippen LogP contribution in [0.4, 0.5) is 0 Å². The summed E-state index contributed by atoms with van der Waals surface area (Å²) in [5.41, 5.74) is 2.71. The minimum Gasteiger partial charge on any atom is -0.373 e. The van der Waals surface area contributed by atoms with Gasteiger partial charge in [0.05, 0.1) is 11.6 Å². The normalized spacial score (nSPS) is 24.9. The summed E-state index contributed by atoms with van der Waals surface area (Å²) in [5.74, 6) is 0.696. The summed E-state index contributed by atoms with van der Waals surface area (Å²) < 4.78 is 6.01. The number of rotatable bonds is 5. The summed E-state index contributed by atoms with van der Waals surface area (Å²) in [6, 6.07) is 9.25. The maximum Gasteiger partial charge on any atom is 0.0849 e. The zero-order valence-electron chi connectivity index (χ0n) is 12.7. The van der Waals surface area contributed by atoms with Crippen molar-refractivity contribution in [2.75, 3.05) is 13.7 Å². The van der Waals surface area contributed by atoms with Gasteiger partial charge in [-0.15, -0.1) is 0 Å². The highest BCUT2D eigenvalue weighted by molar-refractivity contribution is 5.28. The average molecular weight is 261 g/mol. The number of likely N-dealkylation sites (N-methyl/N-ethyl adjacent to an activating group) is 1. The third kappa shape index (κ3) is 3.37. The molecular formula is C17H27NO. The van der Waals surface area contributed by atoms with Crippen LogP contribution in [-0.2, 0) is 11.2 Å². The number of hydrogen-bond donors (Lipinski definition) is 1. The predicted molar refractivity (Wildman–Crippen MR) is 80.4 cm³/mol. The Bertz CT molecular complexity index is 407. The minimum absolute atomic E-state index is 0.0643. The molecule has 2 heteroatoms.